The highest BCUT2D eigenvalue weighted by atomic mass is 35.5. The maximum Gasteiger partial charge on any atom is 0.416 e. The van der Waals surface area contributed by atoms with Crippen LogP contribution in [-0.4, -0.2) is 72.7 Å². The van der Waals surface area contributed by atoms with Crippen molar-refractivity contribution in [1.29, 1.82) is 0 Å². The number of alkyl halides is 3. The lowest BCUT2D eigenvalue weighted by Gasteiger charge is -2.15. The van der Waals surface area contributed by atoms with Gasteiger partial charge in [0.05, 0.1) is 18.8 Å². The standard InChI is InChI=1S/C24H22ClF4N7O4/c1-40-10-9-30-22(38)21-31-19(32-36(21)17-4-2-3-16(26)11-17)13-35-23(39)34(12-18(37)24(27,28)29)20(33-35)14-5-7-15(25)8-6-14/h2-8,11,18,37H,9-10,12-13H2,1H3,(H,30,38). The number of carbonyl (C=O) groups excluding carboxylic acids is 1. The molecule has 1 unspecified atom stereocenters. The Morgan fingerprint density at radius 3 is 2.55 bits per heavy atom. The van der Waals surface area contributed by atoms with Crippen molar-refractivity contribution in [3.63, 3.8) is 0 Å². The van der Waals surface area contributed by atoms with Gasteiger partial charge in [0.1, 0.15) is 12.4 Å². The number of halogens is 5. The minimum Gasteiger partial charge on any atom is -0.383 e. The summed E-state index contributed by atoms with van der Waals surface area (Å²) in [7, 11) is 1.45. The molecule has 16 heteroatoms. The van der Waals surface area contributed by atoms with Crippen LogP contribution in [0.5, 0.6) is 0 Å². The summed E-state index contributed by atoms with van der Waals surface area (Å²) in [5.41, 5.74) is -0.587. The molecule has 212 valence electrons. The molecule has 0 saturated carbocycles. The summed E-state index contributed by atoms with van der Waals surface area (Å²) in [6.45, 7) is -1.25. The highest BCUT2D eigenvalue weighted by molar-refractivity contribution is 6.30. The fourth-order valence-corrected chi connectivity index (χ4v) is 3.76. The van der Waals surface area contributed by atoms with Crippen LogP contribution in [0.1, 0.15) is 16.4 Å². The first-order valence-electron chi connectivity index (χ1n) is 11.6. The van der Waals surface area contributed by atoms with Gasteiger partial charge in [-0.15, -0.1) is 10.2 Å². The third-order valence-corrected chi connectivity index (χ3v) is 5.80. The van der Waals surface area contributed by atoms with Gasteiger partial charge in [0.25, 0.3) is 5.91 Å². The van der Waals surface area contributed by atoms with E-state index in [4.69, 9.17) is 16.3 Å². The fraction of sp³-hybridized carbons (Fsp3) is 0.292. The van der Waals surface area contributed by atoms with Crippen molar-refractivity contribution in [3.05, 3.63) is 81.5 Å². The average molecular weight is 584 g/mol. The molecule has 1 amide bonds. The van der Waals surface area contributed by atoms with Gasteiger partial charge in [0.15, 0.2) is 17.8 Å². The third-order valence-electron chi connectivity index (χ3n) is 5.55. The molecule has 2 heterocycles. The van der Waals surface area contributed by atoms with E-state index in [-0.39, 0.29) is 41.9 Å². The quantitative estimate of drug-likeness (QED) is 0.217. The van der Waals surface area contributed by atoms with Crippen molar-refractivity contribution in [2.75, 3.05) is 20.3 Å². The molecule has 2 N–H and O–H groups in total. The number of amides is 1. The van der Waals surface area contributed by atoms with Crippen molar-refractivity contribution in [2.45, 2.75) is 25.4 Å². The Morgan fingerprint density at radius 2 is 1.90 bits per heavy atom. The molecule has 0 spiro atoms. The van der Waals surface area contributed by atoms with E-state index in [0.29, 0.717) is 9.59 Å². The van der Waals surface area contributed by atoms with E-state index in [1.807, 2.05) is 0 Å². The lowest BCUT2D eigenvalue weighted by atomic mass is 10.2. The van der Waals surface area contributed by atoms with Crippen LogP contribution < -0.4 is 11.0 Å². The molecule has 0 aliphatic carbocycles. The van der Waals surface area contributed by atoms with Crippen molar-refractivity contribution < 1.29 is 32.2 Å². The second-order valence-electron chi connectivity index (χ2n) is 8.43. The Balaban J connectivity index is 1.75. The van der Waals surface area contributed by atoms with Gasteiger partial charge in [0, 0.05) is 24.2 Å². The number of ether oxygens (including phenoxy) is 1. The number of aliphatic hydroxyl groups excluding tert-OH is 1. The molecule has 40 heavy (non-hydrogen) atoms. The van der Waals surface area contributed by atoms with Crippen LogP contribution >= 0.6 is 11.6 Å². The maximum atomic E-state index is 13.9. The van der Waals surface area contributed by atoms with Gasteiger partial charge in [-0.25, -0.2) is 23.5 Å². The van der Waals surface area contributed by atoms with Crippen LogP contribution in [-0.2, 0) is 17.8 Å². The van der Waals surface area contributed by atoms with Crippen LogP contribution in [0.2, 0.25) is 5.02 Å². The largest absolute Gasteiger partial charge is 0.416 e. The van der Waals surface area contributed by atoms with Gasteiger partial charge in [-0.1, -0.05) is 17.7 Å². The topological polar surface area (TPSA) is 129 Å². The second kappa shape index (κ2) is 12.0. The van der Waals surface area contributed by atoms with E-state index in [9.17, 15) is 32.3 Å². The van der Waals surface area contributed by atoms with E-state index in [2.05, 4.69) is 20.5 Å². The number of methoxy groups -OCH3 is 1. The number of hydrogen-bond donors (Lipinski definition) is 2. The van der Waals surface area contributed by atoms with E-state index < -0.39 is 42.8 Å². The number of nitrogens with one attached hydrogen (secondary N) is 1. The van der Waals surface area contributed by atoms with Crippen molar-refractivity contribution in [3.8, 4) is 17.1 Å². The molecular weight excluding hydrogens is 562 g/mol. The van der Waals surface area contributed by atoms with Gasteiger partial charge in [-0.05, 0) is 42.5 Å². The summed E-state index contributed by atoms with van der Waals surface area (Å²) in [5, 5.41) is 21.0. The minimum absolute atomic E-state index is 0.119. The first-order valence-corrected chi connectivity index (χ1v) is 12.0. The van der Waals surface area contributed by atoms with E-state index in [0.717, 1.165) is 15.4 Å². The summed E-state index contributed by atoms with van der Waals surface area (Å²) < 4.78 is 60.7. The lowest BCUT2D eigenvalue weighted by Crippen LogP contribution is -2.37. The van der Waals surface area contributed by atoms with Crippen LogP contribution in [0.4, 0.5) is 17.6 Å². The van der Waals surface area contributed by atoms with Gasteiger partial charge < -0.3 is 15.2 Å². The number of hydrogen-bond acceptors (Lipinski definition) is 7. The Hall–Kier alpha value is -4.08. The number of nitrogens with zero attached hydrogens (tertiary/aromatic N) is 6. The molecule has 0 fully saturated rings. The molecule has 1 atom stereocenters. The SMILES string of the molecule is COCCNC(=O)c1nc(Cn2nc(-c3ccc(Cl)cc3)n(CC(O)C(F)(F)F)c2=O)nn1-c1cccc(F)c1. The lowest BCUT2D eigenvalue weighted by molar-refractivity contribution is -0.207. The van der Waals surface area contributed by atoms with E-state index in [1.165, 1.54) is 49.6 Å². The van der Waals surface area contributed by atoms with Gasteiger partial charge in [0.2, 0.25) is 5.82 Å². The number of benzene rings is 2. The molecule has 4 rings (SSSR count). The number of rotatable bonds is 10. The van der Waals surface area contributed by atoms with Gasteiger partial charge in [-0.3, -0.25) is 9.36 Å². The summed E-state index contributed by atoms with van der Waals surface area (Å²) in [4.78, 5) is 30.1. The Bertz CT molecular complexity index is 1550. The molecule has 2 aromatic carbocycles. The first-order chi connectivity index (χ1) is 19.0. The van der Waals surface area contributed by atoms with Gasteiger partial charge >= 0.3 is 11.9 Å². The van der Waals surface area contributed by atoms with E-state index >= 15 is 0 Å². The Morgan fingerprint density at radius 1 is 1.18 bits per heavy atom. The predicted molar refractivity (Wildman–Crippen MR) is 134 cm³/mol. The second-order valence-corrected chi connectivity index (χ2v) is 8.87. The third kappa shape index (κ3) is 6.55. The van der Waals surface area contributed by atoms with Crippen molar-refractivity contribution in [1.82, 2.24) is 34.4 Å². The molecule has 11 nitrogen and oxygen atoms in total. The van der Waals surface area contributed by atoms with Crippen LogP contribution in [0.3, 0.4) is 0 Å². The average Bonchev–Trinajstić information content (AvgIpc) is 3.46. The van der Waals surface area contributed by atoms with Gasteiger partial charge in [-0.2, -0.15) is 13.2 Å². The maximum absolute atomic E-state index is 13.9. The zero-order valence-corrected chi connectivity index (χ0v) is 21.5. The molecule has 4 aromatic rings. The highest BCUT2D eigenvalue weighted by Crippen LogP contribution is 2.24. The molecule has 2 aromatic heterocycles. The molecule has 0 radical (unpaired) electrons. The normalized spacial score (nSPS) is 12.5. The minimum atomic E-state index is -4.99. The van der Waals surface area contributed by atoms with Crippen molar-refractivity contribution >= 4 is 17.5 Å². The monoisotopic (exact) mass is 583 g/mol. The Kier molecular flexibility index (Phi) is 8.66. The summed E-state index contributed by atoms with van der Waals surface area (Å²) in [5.74, 6) is -1.81. The Labute approximate surface area is 228 Å². The first kappa shape index (κ1) is 28.9. The molecular formula is C24H22ClF4N7O4. The number of aliphatic hydroxyl groups is 1. The molecule has 0 saturated heterocycles. The highest BCUT2D eigenvalue weighted by Gasteiger charge is 2.39. The number of aromatic nitrogens is 6. The zero-order chi connectivity index (χ0) is 29.0. The predicted octanol–water partition coefficient (Wildman–Crippen LogP) is 2.43. The fourth-order valence-electron chi connectivity index (χ4n) is 3.63. The van der Waals surface area contributed by atoms with Crippen LogP contribution in [0.25, 0.3) is 17.1 Å². The summed E-state index contributed by atoms with van der Waals surface area (Å²) in [6, 6.07) is 11.0. The smallest absolute Gasteiger partial charge is 0.383 e. The molecule has 0 aliphatic heterocycles. The zero-order valence-electron chi connectivity index (χ0n) is 20.8. The van der Waals surface area contributed by atoms with Crippen LogP contribution in [0, 0.1) is 5.82 Å². The summed E-state index contributed by atoms with van der Waals surface area (Å²) >= 11 is 5.90. The summed E-state index contributed by atoms with van der Waals surface area (Å²) in [6.07, 6.45) is -7.84. The van der Waals surface area contributed by atoms with Crippen LogP contribution in [0.15, 0.2) is 53.3 Å². The van der Waals surface area contributed by atoms with E-state index in [1.54, 1.807) is 0 Å². The van der Waals surface area contributed by atoms with Crippen molar-refractivity contribution in [2.24, 2.45) is 0 Å². The molecule has 0 bridgehead atoms. The molecule has 0 aliphatic rings. The number of carbonyl (C=O) groups is 1.